The Kier molecular flexibility index (Phi) is 5.19. The highest BCUT2D eigenvalue weighted by atomic mass is 16.5. The molecule has 0 unspecified atom stereocenters. The molecule has 0 spiro atoms. The first-order valence-corrected chi connectivity index (χ1v) is 9.57. The average molecular weight is 380 g/mol. The van der Waals surface area contributed by atoms with E-state index in [1.807, 2.05) is 35.2 Å². The van der Waals surface area contributed by atoms with Crippen molar-refractivity contribution in [2.75, 3.05) is 27.3 Å². The first-order chi connectivity index (χ1) is 13.7. The summed E-state index contributed by atoms with van der Waals surface area (Å²) in [4.78, 5) is 19.2. The van der Waals surface area contributed by atoms with Gasteiger partial charge < -0.3 is 18.8 Å². The predicted octanol–water partition coefficient (Wildman–Crippen LogP) is 4.06. The van der Waals surface area contributed by atoms with Gasteiger partial charge in [0.25, 0.3) is 5.91 Å². The van der Waals surface area contributed by atoms with Crippen molar-refractivity contribution in [1.82, 2.24) is 9.88 Å². The highest BCUT2D eigenvalue weighted by molar-refractivity contribution is 5.97. The normalized spacial score (nSPS) is 14.3. The number of aromatic nitrogens is 1. The van der Waals surface area contributed by atoms with E-state index in [2.05, 4.69) is 4.98 Å². The molecule has 1 aliphatic heterocycles. The first kappa shape index (κ1) is 18.3. The van der Waals surface area contributed by atoms with E-state index in [1.165, 1.54) is 6.42 Å². The van der Waals surface area contributed by atoms with Crippen molar-refractivity contribution in [3.05, 3.63) is 53.4 Å². The van der Waals surface area contributed by atoms with Gasteiger partial charge in [0.2, 0.25) is 0 Å². The van der Waals surface area contributed by atoms with E-state index in [4.69, 9.17) is 13.9 Å². The molecule has 0 atom stereocenters. The summed E-state index contributed by atoms with van der Waals surface area (Å²) in [5.41, 5.74) is 3.06. The van der Waals surface area contributed by atoms with Crippen LogP contribution < -0.4 is 9.47 Å². The number of benzene rings is 2. The van der Waals surface area contributed by atoms with Gasteiger partial charge in [0.15, 0.2) is 23.0 Å². The lowest BCUT2D eigenvalue weighted by Gasteiger charge is -2.26. The van der Waals surface area contributed by atoms with Gasteiger partial charge >= 0.3 is 0 Å². The summed E-state index contributed by atoms with van der Waals surface area (Å²) in [5.74, 6) is 2.03. The Morgan fingerprint density at radius 1 is 1.04 bits per heavy atom. The van der Waals surface area contributed by atoms with Crippen LogP contribution in [0.3, 0.4) is 0 Å². The number of fused-ring (bicyclic) bond motifs is 1. The molecule has 0 bridgehead atoms. The largest absolute Gasteiger partial charge is 0.493 e. The van der Waals surface area contributed by atoms with Crippen LogP contribution in [0.25, 0.3) is 11.1 Å². The summed E-state index contributed by atoms with van der Waals surface area (Å²) in [5, 5.41) is 0. The standard InChI is InChI=1S/C22H24N2O4/c1-26-18-9-6-15(12-20(18)27-2)13-21-23-17-8-7-16(14-19(17)28-21)22(25)24-10-4-3-5-11-24/h6-9,12,14H,3-5,10-11,13H2,1-2H3. The fraction of sp³-hybridized carbons (Fsp3) is 0.364. The SMILES string of the molecule is COc1ccc(Cc2nc3ccc(C(=O)N4CCCCC4)cc3o2)cc1OC. The molecule has 6 heteroatoms. The van der Waals surface area contributed by atoms with E-state index in [0.717, 1.165) is 37.0 Å². The zero-order valence-electron chi connectivity index (χ0n) is 16.2. The van der Waals surface area contributed by atoms with Gasteiger partial charge in [0.1, 0.15) is 5.52 Å². The van der Waals surface area contributed by atoms with Gasteiger partial charge in [0.05, 0.1) is 14.2 Å². The van der Waals surface area contributed by atoms with E-state index in [-0.39, 0.29) is 5.91 Å². The van der Waals surface area contributed by atoms with Crippen LogP contribution >= 0.6 is 0 Å². The summed E-state index contributed by atoms with van der Waals surface area (Å²) in [6.07, 6.45) is 3.88. The summed E-state index contributed by atoms with van der Waals surface area (Å²) >= 11 is 0. The molecule has 6 nitrogen and oxygen atoms in total. The average Bonchev–Trinajstić information content (AvgIpc) is 3.15. The first-order valence-electron chi connectivity index (χ1n) is 9.57. The number of nitrogens with zero attached hydrogens (tertiary/aromatic N) is 2. The Bertz CT molecular complexity index is 989. The Morgan fingerprint density at radius 2 is 1.82 bits per heavy atom. The van der Waals surface area contributed by atoms with Crippen molar-refractivity contribution < 1.29 is 18.7 Å². The molecule has 0 radical (unpaired) electrons. The number of oxazole rings is 1. The summed E-state index contributed by atoms with van der Waals surface area (Å²) in [6, 6.07) is 11.2. The second-order valence-corrected chi connectivity index (χ2v) is 7.01. The van der Waals surface area contributed by atoms with E-state index >= 15 is 0 Å². The van der Waals surface area contributed by atoms with Crippen LogP contribution in [0, 0.1) is 0 Å². The van der Waals surface area contributed by atoms with Gasteiger partial charge in [-0.05, 0) is 55.2 Å². The summed E-state index contributed by atoms with van der Waals surface area (Å²) < 4.78 is 16.6. The maximum atomic E-state index is 12.7. The molecule has 1 amide bonds. The number of carbonyl (C=O) groups excluding carboxylic acids is 1. The van der Waals surface area contributed by atoms with Gasteiger partial charge in [0, 0.05) is 25.1 Å². The van der Waals surface area contributed by atoms with Crippen molar-refractivity contribution in [2.24, 2.45) is 0 Å². The number of ether oxygens (including phenoxy) is 2. The number of amides is 1. The predicted molar refractivity (Wildman–Crippen MR) is 106 cm³/mol. The lowest BCUT2D eigenvalue weighted by Crippen LogP contribution is -2.35. The van der Waals surface area contributed by atoms with Gasteiger partial charge in [-0.3, -0.25) is 4.79 Å². The molecule has 0 N–H and O–H groups in total. The van der Waals surface area contributed by atoms with Crippen LogP contribution in [0.2, 0.25) is 0 Å². The monoisotopic (exact) mass is 380 g/mol. The maximum absolute atomic E-state index is 12.7. The maximum Gasteiger partial charge on any atom is 0.253 e. The van der Waals surface area contributed by atoms with Gasteiger partial charge in [-0.15, -0.1) is 0 Å². The molecule has 1 aromatic heterocycles. The van der Waals surface area contributed by atoms with Crippen molar-refractivity contribution in [3.8, 4) is 11.5 Å². The lowest BCUT2D eigenvalue weighted by molar-refractivity contribution is 0.0724. The third-order valence-electron chi connectivity index (χ3n) is 5.13. The van der Waals surface area contributed by atoms with Crippen LogP contribution in [0.1, 0.15) is 41.1 Å². The van der Waals surface area contributed by atoms with Crippen LogP contribution in [0.5, 0.6) is 11.5 Å². The van der Waals surface area contributed by atoms with Crippen LogP contribution in [0.15, 0.2) is 40.8 Å². The van der Waals surface area contributed by atoms with E-state index in [0.29, 0.717) is 35.0 Å². The van der Waals surface area contributed by atoms with Crippen molar-refractivity contribution in [2.45, 2.75) is 25.7 Å². The van der Waals surface area contributed by atoms with Gasteiger partial charge in [-0.1, -0.05) is 6.07 Å². The van der Waals surface area contributed by atoms with Crippen LogP contribution in [-0.2, 0) is 6.42 Å². The van der Waals surface area contributed by atoms with E-state index in [9.17, 15) is 4.79 Å². The molecule has 1 saturated heterocycles. The van der Waals surface area contributed by atoms with E-state index < -0.39 is 0 Å². The summed E-state index contributed by atoms with van der Waals surface area (Å²) in [6.45, 7) is 1.66. The number of rotatable bonds is 5. The molecule has 0 aliphatic carbocycles. The second kappa shape index (κ2) is 7.92. The number of hydrogen-bond acceptors (Lipinski definition) is 5. The third-order valence-corrected chi connectivity index (χ3v) is 5.13. The quantitative estimate of drug-likeness (QED) is 0.668. The Balaban J connectivity index is 1.55. The smallest absolute Gasteiger partial charge is 0.253 e. The number of carbonyl (C=O) groups is 1. The minimum atomic E-state index is 0.0689. The minimum absolute atomic E-state index is 0.0689. The zero-order valence-corrected chi connectivity index (χ0v) is 16.2. The molecule has 3 aromatic rings. The third kappa shape index (κ3) is 3.67. The number of likely N-dealkylation sites (tertiary alicyclic amines) is 1. The molecular formula is C22H24N2O4. The fourth-order valence-corrected chi connectivity index (χ4v) is 3.63. The molecule has 146 valence electrons. The van der Waals surface area contributed by atoms with Crippen LogP contribution in [-0.4, -0.2) is 43.1 Å². The Labute approximate surface area is 164 Å². The highest BCUT2D eigenvalue weighted by Gasteiger charge is 2.19. The Morgan fingerprint density at radius 3 is 2.57 bits per heavy atom. The molecule has 2 aromatic carbocycles. The molecule has 2 heterocycles. The van der Waals surface area contributed by atoms with Crippen molar-refractivity contribution in [1.29, 1.82) is 0 Å². The summed E-state index contributed by atoms with van der Waals surface area (Å²) in [7, 11) is 3.23. The molecule has 1 aliphatic rings. The molecule has 1 fully saturated rings. The lowest BCUT2D eigenvalue weighted by atomic mass is 10.1. The van der Waals surface area contributed by atoms with E-state index in [1.54, 1.807) is 20.3 Å². The number of hydrogen-bond donors (Lipinski definition) is 0. The van der Waals surface area contributed by atoms with Gasteiger partial charge in [-0.2, -0.15) is 0 Å². The zero-order chi connectivity index (χ0) is 19.5. The molecule has 0 saturated carbocycles. The highest BCUT2D eigenvalue weighted by Crippen LogP contribution is 2.29. The molecule has 28 heavy (non-hydrogen) atoms. The van der Waals surface area contributed by atoms with Gasteiger partial charge in [-0.25, -0.2) is 4.98 Å². The molecule has 4 rings (SSSR count). The number of piperidine rings is 1. The second-order valence-electron chi connectivity index (χ2n) is 7.01. The van der Waals surface area contributed by atoms with Crippen LogP contribution in [0.4, 0.5) is 0 Å². The fourth-order valence-electron chi connectivity index (χ4n) is 3.63. The van der Waals surface area contributed by atoms with Crippen molar-refractivity contribution in [3.63, 3.8) is 0 Å². The molecular weight excluding hydrogens is 356 g/mol. The minimum Gasteiger partial charge on any atom is -0.493 e. The number of methoxy groups -OCH3 is 2. The Hall–Kier alpha value is -3.02. The van der Waals surface area contributed by atoms with Crippen molar-refractivity contribution >= 4 is 17.0 Å². The topological polar surface area (TPSA) is 64.8 Å².